The third-order valence-electron chi connectivity index (χ3n) is 6.28. The van der Waals surface area contributed by atoms with Crippen LogP contribution in [-0.2, 0) is 14.6 Å². The molecule has 1 unspecified atom stereocenters. The van der Waals surface area contributed by atoms with Crippen LogP contribution in [0.5, 0.6) is 0 Å². The van der Waals surface area contributed by atoms with Crippen LogP contribution in [0.1, 0.15) is 46.6 Å². The van der Waals surface area contributed by atoms with Crippen LogP contribution >= 0.6 is 0 Å². The molecule has 4 nitrogen and oxygen atoms in total. The van der Waals surface area contributed by atoms with Gasteiger partial charge in [-0.3, -0.25) is 4.90 Å². The highest BCUT2D eigenvalue weighted by Gasteiger charge is 2.37. The first-order chi connectivity index (χ1) is 13.4. The molecule has 1 atom stereocenters. The van der Waals surface area contributed by atoms with Crippen LogP contribution in [0.15, 0.2) is 54.3 Å². The van der Waals surface area contributed by atoms with Crippen molar-refractivity contribution < 1.29 is 14.0 Å². The van der Waals surface area contributed by atoms with Crippen molar-refractivity contribution in [2.45, 2.75) is 70.6 Å². The summed E-state index contributed by atoms with van der Waals surface area (Å²) in [6, 6.07) is 10.4. The molecule has 0 radical (unpaired) electrons. The summed E-state index contributed by atoms with van der Waals surface area (Å²) < 4.78 is 11.4. The fourth-order valence-corrected chi connectivity index (χ4v) is 4.20. The maximum atomic E-state index is 12.4. The Hall–Kier alpha value is -1.85. The number of hydrogen-bond acceptors (Lipinski definition) is 3. The number of carbonyl (C=O) groups excluding carboxylic acids is 1. The Morgan fingerprint density at radius 2 is 1.72 bits per heavy atom. The van der Waals surface area contributed by atoms with Gasteiger partial charge in [-0.05, 0) is 47.2 Å². The van der Waals surface area contributed by atoms with E-state index in [1.807, 2.05) is 18.3 Å². The molecule has 29 heavy (non-hydrogen) atoms. The van der Waals surface area contributed by atoms with E-state index in [0.29, 0.717) is 6.61 Å². The number of benzene rings is 1. The van der Waals surface area contributed by atoms with Gasteiger partial charge < -0.3 is 9.16 Å². The van der Waals surface area contributed by atoms with E-state index in [9.17, 15) is 4.79 Å². The van der Waals surface area contributed by atoms with Crippen LogP contribution in [0, 0.1) is 0 Å². The lowest BCUT2D eigenvalue weighted by Crippen LogP contribution is -2.42. The second-order valence-corrected chi connectivity index (χ2v) is 14.8. The first kappa shape index (κ1) is 23.4. The van der Waals surface area contributed by atoms with Gasteiger partial charge >= 0.3 is 6.09 Å². The predicted molar refractivity (Wildman–Crippen MR) is 122 cm³/mol. The molecule has 1 aromatic carbocycles. The van der Waals surface area contributed by atoms with Gasteiger partial charge in [0.1, 0.15) is 0 Å². The van der Waals surface area contributed by atoms with Crippen LogP contribution in [0.2, 0.25) is 18.1 Å². The van der Waals surface area contributed by atoms with E-state index >= 15 is 0 Å². The smallest absolute Gasteiger partial charge is 0.414 e. The number of hydrogen-bond donors (Lipinski definition) is 0. The van der Waals surface area contributed by atoms with Crippen molar-refractivity contribution in [2.24, 2.45) is 0 Å². The van der Waals surface area contributed by atoms with Gasteiger partial charge in [0.05, 0.1) is 19.8 Å². The van der Waals surface area contributed by atoms with Crippen molar-refractivity contribution in [1.29, 1.82) is 0 Å². The van der Waals surface area contributed by atoms with Crippen molar-refractivity contribution in [1.82, 2.24) is 4.90 Å². The minimum atomic E-state index is -1.84. The van der Waals surface area contributed by atoms with E-state index in [1.54, 1.807) is 4.90 Å². The lowest BCUT2D eigenvalue weighted by molar-refractivity contribution is 0.126. The van der Waals surface area contributed by atoms with Crippen molar-refractivity contribution in [2.75, 3.05) is 13.7 Å². The average molecular weight is 416 g/mol. The molecule has 0 aromatic heterocycles. The third kappa shape index (κ3) is 5.83. The molecule has 1 aliphatic rings. The zero-order valence-electron chi connectivity index (χ0n) is 19.3. The molecule has 0 saturated carbocycles. The number of rotatable bonds is 6. The Balaban J connectivity index is 2.22. The van der Waals surface area contributed by atoms with Crippen LogP contribution in [0.25, 0.3) is 0 Å². The number of carbonyl (C=O) groups is 1. The van der Waals surface area contributed by atoms with Crippen molar-refractivity contribution in [3.05, 3.63) is 59.8 Å². The molecule has 0 saturated heterocycles. The fraction of sp³-hybridized carbons (Fsp3) is 0.542. The van der Waals surface area contributed by atoms with Gasteiger partial charge in [0.2, 0.25) is 0 Å². The molecule has 1 aliphatic heterocycles. The van der Waals surface area contributed by atoms with E-state index in [0.717, 1.165) is 12.0 Å². The van der Waals surface area contributed by atoms with Crippen molar-refractivity contribution in [3.8, 4) is 0 Å². The first-order valence-electron chi connectivity index (χ1n) is 10.3. The lowest BCUT2D eigenvalue weighted by atomic mass is 9.78. The highest BCUT2D eigenvalue weighted by Crippen LogP contribution is 2.37. The van der Waals surface area contributed by atoms with Gasteiger partial charge in [-0.15, -0.1) is 0 Å². The molecule has 0 fully saturated rings. The Kier molecular flexibility index (Phi) is 7.17. The maximum absolute atomic E-state index is 12.4. The minimum Gasteiger partial charge on any atom is -0.452 e. The molecule has 0 aliphatic carbocycles. The summed E-state index contributed by atoms with van der Waals surface area (Å²) in [5.41, 5.74) is 2.28. The number of amides is 1. The zero-order valence-corrected chi connectivity index (χ0v) is 20.3. The van der Waals surface area contributed by atoms with E-state index in [1.165, 1.54) is 12.7 Å². The monoisotopic (exact) mass is 415 g/mol. The standard InChI is InChI=1S/C24H37NO3Si/c1-23(2,3)29(7,8)28-18-19-14-15-25(22(26)27-6)21(16-19)17-24(4,5)20-12-10-9-11-13-20/h9-16,21H,17-18H2,1-8H3. The first-order valence-corrected chi connectivity index (χ1v) is 13.2. The summed E-state index contributed by atoms with van der Waals surface area (Å²) in [6.07, 6.45) is 6.42. The Morgan fingerprint density at radius 3 is 2.28 bits per heavy atom. The molecular weight excluding hydrogens is 378 g/mol. The van der Waals surface area contributed by atoms with Gasteiger partial charge in [0.15, 0.2) is 8.32 Å². The maximum Gasteiger partial charge on any atom is 0.414 e. The predicted octanol–water partition coefficient (Wildman–Crippen LogP) is 6.27. The summed E-state index contributed by atoms with van der Waals surface area (Å²) in [5.74, 6) is 0. The number of nitrogens with zero attached hydrogens (tertiary/aromatic N) is 1. The molecule has 0 spiro atoms. The minimum absolute atomic E-state index is 0.0827. The van der Waals surface area contributed by atoms with Gasteiger partial charge in [-0.25, -0.2) is 4.79 Å². The van der Waals surface area contributed by atoms with Gasteiger partial charge in [-0.1, -0.05) is 71.0 Å². The molecule has 2 rings (SSSR count). The van der Waals surface area contributed by atoms with Crippen molar-refractivity contribution >= 4 is 14.4 Å². The van der Waals surface area contributed by atoms with Crippen LogP contribution < -0.4 is 0 Å². The van der Waals surface area contributed by atoms with E-state index in [4.69, 9.17) is 9.16 Å². The SMILES string of the molecule is COC(=O)N1C=CC(CO[Si](C)(C)C(C)(C)C)=CC1CC(C)(C)c1ccccc1. The average Bonchev–Trinajstić information content (AvgIpc) is 2.65. The molecule has 160 valence electrons. The van der Waals surface area contributed by atoms with E-state index in [-0.39, 0.29) is 22.6 Å². The summed E-state index contributed by atoms with van der Waals surface area (Å²) in [4.78, 5) is 14.0. The van der Waals surface area contributed by atoms with Crippen LogP contribution in [0.3, 0.4) is 0 Å². The zero-order chi connectivity index (χ0) is 21.9. The number of methoxy groups -OCH3 is 1. The fourth-order valence-electron chi connectivity index (χ4n) is 3.24. The lowest BCUT2D eigenvalue weighted by Gasteiger charge is -2.38. The Bertz CT molecular complexity index is 760. The van der Waals surface area contributed by atoms with E-state index < -0.39 is 8.32 Å². The largest absolute Gasteiger partial charge is 0.452 e. The molecule has 0 N–H and O–H groups in total. The van der Waals surface area contributed by atoms with Gasteiger partial charge in [0.25, 0.3) is 0 Å². The Labute approximate surface area is 177 Å². The number of ether oxygens (including phenoxy) is 1. The molecule has 1 heterocycles. The molecule has 5 heteroatoms. The van der Waals surface area contributed by atoms with Gasteiger partial charge in [0, 0.05) is 6.20 Å². The summed E-state index contributed by atoms with van der Waals surface area (Å²) in [6.45, 7) is 16.3. The second-order valence-electron chi connectivity index (χ2n) is 10.0. The Morgan fingerprint density at radius 1 is 1.10 bits per heavy atom. The third-order valence-corrected chi connectivity index (χ3v) is 10.8. The second kappa shape index (κ2) is 8.88. The molecule has 1 aromatic rings. The molecule has 0 bridgehead atoms. The summed E-state index contributed by atoms with van der Waals surface area (Å²) in [7, 11) is -0.410. The highest BCUT2D eigenvalue weighted by molar-refractivity contribution is 6.74. The van der Waals surface area contributed by atoms with E-state index in [2.05, 4.69) is 78.1 Å². The quantitative estimate of drug-likeness (QED) is 0.514. The topological polar surface area (TPSA) is 38.8 Å². The molecular formula is C24H37NO3Si. The highest BCUT2D eigenvalue weighted by atomic mass is 28.4. The van der Waals surface area contributed by atoms with Gasteiger partial charge in [-0.2, -0.15) is 0 Å². The van der Waals surface area contributed by atoms with Crippen LogP contribution in [-0.4, -0.2) is 39.1 Å². The molecule has 1 amide bonds. The summed E-state index contributed by atoms with van der Waals surface area (Å²) >= 11 is 0. The van der Waals surface area contributed by atoms with Crippen molar-refractivity contribution in [3.63, 3.8) is 0 Å². The normalized spacial score (nSPS) is 17.9. The van der Waals surface area contributed by atoms with Crippen LogP contribution in [0.4, 0.5) is 4.79 Å². The summed E-state index contributed by atoms with van der Waals surface area (Å²) in [5, 5.41) is 0.165.